The van der Waals surface area contributed by atoms with Crippen molar-refractivity contribution in [3.8, 4) is 0 Å². The monoisotopic (exact) mass is 257 g/mol. The number of ether oxygens (including phenoxy) is 1. The molecule has 96 valence electrons. The summed E-state index contributed by atoms with van der Waals surface area (Å²) in [5, 5.41) is 0. The van der Waals surface area contributed by atoms with Crippen molar-refractivity contribution in [2.24, 2.45) is 5.92 Å². The van der Waals surface area contributed by atoms with Crippen LogP contribution < -0.4 is 0 Å². The Kier molecular flexibility index (Phi) is 5.63. The number of amides is 1. The molecular weight excluding hydrogens is 237 g/mol. The van der Waals surface area contributed by atoms with Gasteiger partial charge in [0.1, 0.15) is 6.61 Å². The van der Waals surface area contributed by atoms with E-state index in [1.54, 1.807) is 0 Å². The average molecular weight is 257 g/mol. The molecule has 0 aromatic carbocycles. The smallest absolute Gasteiger partial charge is 0.420 e. The van der Waals surface area contributed by atoms with E-state index in [4.69, 9.17) is 0 Å². The van der Waals surface area contributed by atoms with Crippen LogP contribution in [0.2, 0.25) is 0 Å². The first-order valence-corrected chi connectivity index (χ1v) is 6.80. The zero-order valence-electron chi connectivity index (χ0n) is 10.5. The van der Waals surface area contributed by atoms with Gasteiger partial charge in [0.15, 0.2) is 0 Å². The summed E-state index contributed by atoms with van der Waals surface area (Å²) in [6.45, 7) is 8.48. The summed E-state index contributed by atoms with van der Waals surface area (Å²) in [4.78, 5) is 10.7. The van der Waals surface area contributed by atoms with Crippen LogP contribution in [0, 0.1) is 5.92 Å². The summed E-state index contributed by atoms with van der Waals surface area (Å²) in [6, 6.07) is -0.00772. The molecule has 1 saturated carbocycles. The van der Waals surface area contributed by atoms with Crippen LogP contribution in [-0.2, 0) is 9.30 Å². The van der Waals surface area contributed by atoms with Crippen LogP contribution in [-0.4, -0.2) is 23.4 Å². The van der Waals surface area contributed by atoms with Crippen LogP contribution in [0.4, 0.5) is 4.79 Å². The summed E-state index contributed by atoms with van der Waals surface area (Å²) >= 11 is 0. The molecule has 0 spiro atoms. The first-order chi connectivity index (χ1) is 8.08. The lowest BCUT2D eigenvalue weighted by atomic mass is 10.1. The maximum Gasteiger partial charge on any atom is 0.420 e. The van der Waals surface area contributed by atoms with Gasteiger partial charge < -0.3 is 4.74 Å². The Balaban J connectivity index is 0.000000181. The molecule has 0 aromatic rings. The largest absolute Gasteiger partial charge is 0.447 e. The van der Waals surface area contributed by atoms with E-state index < -0.39 is 6.09 Å². The molecule has 1 amide bonds. The molecule has 2 rings (SSSR count). The topological polar surface area (TPSA) is 46.6 Å². The normalized spacial score (nSPS) is 28.0. The lowest BCUT2D eigenvalue weighted by Gasteiger charge is -2.08. The van der Waals surface area contributed by atoms with Crippen LogP contribution in [0.1, 0.15) is 39.5 Å². The van der Waals surface area contributed by atoms with Crippen molar-refractivity contribution in [2.45, 2.75) is 45.6 Å². The van der Waals surface area contributed by atoms with Crippen molar-refractivity contribution in [3.05, 3.63) is 12.2 Å². The fourth-order valence-corrected chi connectivity index (χ4v) is 2.48. The number of carbonyl (C=O) groups excluding carboxylic acids is 1. The lowest BCUT2D eigenvalue weighted by Crippen LogP contribution is -2.23. The van der Waals surface area contributed by atoms with E-state index in [1.165, 1.54) is 29.5 Å². The van der Waals surface area contributed by atoms with E-state index in [0.717, 1.165) is 12.3 Å². The SMILES string of the molecule is C=C1CC[C@H](C)C1.CC[C@H]1COC(=O)N1P=O. The van der Waals surface area contributed by atoms with Crippen LogP contribution >= 0.6 is 8.61 Å². The molecule has 0 aromatic heterocycles. The molecule has 2 fully saturated rings. The Morgan fingerprint density at radius 2 is 2.29 bits per heavy atom. The van der Waals surface area contributed by atoms with E-state index in [2.05, 4.69) is 18.2 Å². The third-order valence-corrected chi connectivity index (χ3v) is 3.78. The number of allylic oxidation sites excluding steroid dienone is 1. The molecule has 2 aliphatic rings. The van der Waals surface area contributed by atoms with Crippen LogP contribution in [0.3, 0.4) is 0 Å². The highest BCUT2D eigenvalue weighted by molar-refractivity contribution is 7.21. The van der Waals surface area contributed by atoms with Gasteiger partial charge in [0.2, 0.25) is 0 Å². The van der Waals surface area contributed by atoms with E-state index in [1.807, 2.05) is 6.92 Å². The third-order valence-electron chi connectivity index (χ3n) is 3.12. The predicted octanol–water partition coefficient (Wildman–Crippen LogP) is 3.79. The van der Waals surface area contributed by atoms with Crippen LogP contribution in [0.25, 0.3) is 0 Å². The Bertz CT molecular complexity index is 306. The van der Waals surface area contributed by atoms with Gasteiger partial charge >= 0.3 is 6.09 Å². The van der Waals surface area contributed by atoms with Gasteiger partial charge in [-0.15, -0.1) is 0 Å². The van der Waals surface area contributed by atoms with Gasteiger partial charge in [0.25, 0.3) is 8.61 Å². The standard InChI is InChI=1S/C7H12.C5H8NO3P/c1-6-3-4-7(2)5-6;1-2-4-3-9-5(7)6(4)10-8/h7H,1,3-5H2,2H3;4H,2-3H2,1H3/t7-;4-/m00/s1. The molecule has 0 unspecified atom stereocenters. The molecule has 4 nitrogen and oxygen atoms in total. The molecular formula is C12H20NO3P. The molecule has 0 radical (unpaired) electrons. The molecule has 17 heavy (non-hydrogen) atoms. The summed E-state index contributed by atoms with van der Waals surface area (Å²) < 4.78 is 16.1. The van der Waals surface area contributed by atoms with Crippen molar-refractivity contribution in [1.82, 2.24) is 4.67 Å². The molecule has 5 heteroatoms. The number of hydrogen-bond donors (Lipinski definition) is 0. The van der Waals surface area contributed by atoms with Crippen molar-refractivity contribution in [1.29, 1.82) is 0 Å². The highest BCUT2D eigenvalue weighted by Crippen LogP contribution is 2.27. The van der Waals surface area contributed by atoms with Crippen LogP contribution in [0.5, 0.6) is 0 Å². The summed E-state index contributed by atoms with van der Waals surface area (Å²) in [5.41, 5.74) is 1.45. The van der Waals surface area contributed by atoms with E-state index in [9.17, 15) is 9.36 Å². The first-order valence-electron chi connectivity index (χ1n) is 6.04. The summed E-state index contributed by atoms with van der Waals surface area (Å²) in [7, 11) is -0.265. The molecule has 2 atom stereocenters. The number of cyclic esters (lactones) is 1. The minimum atomic E-state index is -0.483. The Labute approximate surface area is 104 Å². The van der Waals surface area contributed by atoms with Crippen LogP contribution in [0.15, 0.2) is 12.2 Å². The summed E-state index contributed by atoms with van der Waals surface area (Å²) in [6.07, 6.45) is 4.23. The minimum absolute atomic E-state index is 0.00772. The van der Waals surface area contributed by atoms with Crippen molar-refractivity contribution >= 4 is 14.7 Å². The molecule has 0 bridgehead atoms. The molecule has 1 heterocycles. The van der Waals surface area contributed by atoms with Gasteiger partial charge in [-0.3, -0.25) is 0 Å². The number of hydrogen-bond acceptors (Lipinski definition) is 3. The molecule has 0 N–H and O–H groups in total. The molecule has 1 aliphatic heterocycles. The fourth-order valence-electron chi connectivity index (χ4n) is 1.99. The third kappa shape index (κ3) is 4.12. The second kappa shape index (κ2) is 6.75. The van der Waals surface area contributed by atoms with Gasteiger partial charge in [-0.05, 0) is 31.6 Å². The first kappa shape index (κ1) is 14.2. The molecule has 1 aliphatic carbocycles. The zero-order chi connectivity index (χ0) is 12.8. The minimum Gasteiger partial charge on any atom is -0.447 e. The number of carbonyl (C=O) groups is 1. The predicted molar refractivity (Wildman–Crippen MR) is 67.0 cm³/mol. The van der Waals surface area contributed by atoms with Gasteiger partial charge in [0, 0.05) is 0 Å². The van der Waals surface area contributed by atoms with Crippen molar-refractivity contribution in [3.63, 3.8) is 0 Å². The number of rotatable bonds is 2. The fraction of sp³-hybridized carbons (Fsp3) is 0.750. The highest BCUT2D eigenvalue weighted by atomic mass is 31.1. The zero-order valence-corrected chi connectivity index (χ0v) is 11.4. The Morgan fingerprint density at radius 3 is 2.59 bits per heavy atom. The quantitative estimate of drug-likeness (QED) is 0.558. The second-order valence-corrected chi connectivity index (χ2v) is 5.26. The number of nitrogens with zero attached hydrogens (tertiary/aromatic N) is 1. The van der Waals surface area contributed by atoms with Gasteiger partial charge in [-0.1, -0.05) is 26.0 Å². The van der Waals surface area contributed by atoms with Gasteiger partial charge in [-0.25, -0.2) is 14.0 Å². The maximum absolute atomic E-state index is 10.7. The van der Waals surface area contributed by atoms with Gasteiger partial charge in [0.05, 0.1) is 6.04 Å². The van der Waals surface area contributed by atoms with E-state index in [0.29, 0.717) is 6.61 Å². The lowest BCUT2D eigenvalue weighted by molar-refractivity contribution is 0.170. The van der Waals surface area contributed by atoms with Crippen molar-refractivity contribution in [2.75, 3.05) is 6.61 Å². The van der Waals surface area contributed by atoms with Gasteiger partial charge in [-0.2, -0.15) is 0 Å². The van der Waals surface area contributed by atoms with Crippen molar-refractivity contribution < 1.29 is 14.1 Å². The van der Waals surface area contributed by atoms with E-state index >= 15 is 0 Å². The Hall–Kier alpha value is -0.890. The Morgan fingerprint density at radius 1 is 1.59 bits per heavy atom. The second-order valence-electron chi connectivity index (χ2n) is 4.66. The maximum atomic E-state index is 10.7. The average Bonchev–Trinajstić information content (AvgIpc) is 2.85. The molecule has 1 saturated heterocycles. The van der Waals surface area contributed by atoms with E-state index in [-0.39, 0.29) is 14.7 Å². The highest BCUT2D eigenvalue weighted by Gasteiger charge is 2.31. The summed E-state index contributed by atoms with van der Waals surface area (Å²) in [5.74, 6) is 0.924.